The van der Waals surface area contributed by atoms with Gasteiger partial charge in [-0.25, -0.2) is 9.37 Å². The Morgan fingerprint density at radius 2 is 2.15 bits per heavy atom. The number of hydrogen-bond donors (Lipinski definition) is 0. The van der Waals surface area contributed by atoms with Gasteiger partial charge in [0.25, 0.3) is 0 Å². The molecule has 1 aliphatic rings. The van der Waals surface area contributed by atoms with E-state index < -0.39 is 10.8 Å². The van der Waals surface area contributed by atoms with Crippen molar-refractivity contribution >= 4 is 49.4 Å². The van der Waals surface area contributed by atoms with Crippen LogP contribution in [0, 0.1) is 5.82 Å². The molecule has 0 amide bonds. The molecule has 3 rings (SSSR count). The van der Waals surface area contributed by atoms with Crippen LogP contribution in [0.15, 0.2) is 16.6 Å². The third kappa shape index (κ3) is 2.53. The molecule has 0 radical (unpaired) electrons. The lowest BCUT2D eigenvalue weighted by atomic mass is 10.1. The first-order chi connectivity index (χ1) is 9.60. The Morgan fingerprint density at radius 3 is 2.80 bits per heavy atom. The molecular formula is C13H13BrClFN2OS. The SMILES string of the molecule is O=S1CCC(n2c(CCl)nc3cc(Br)c(F)cc32)CC1. The minimum Gasteiger partial charge on any atom is -0.324 e. The summed E-state index contributed by atoms with van der Waals surface area (Å²) >= 11 is 9.16. The van der Waals surface area contributed by atoms with Gasteiger partial charge in [0.2, 0.25) is 0 Å². The Balaban J connectivity index is 2.12. The van der Waals surface area contributed by atoms with Gasteiger partial charge in [-0.2, -0.15) is 0 Å². The Bertz CT molecular complexity index is 681. The van der Waals surface area contributed by atoms with Crippen LogP contribution in [0.3, 0.4) is 0 Å². The van der Waals surface area contributed by atoms with E-state index in [9.17, 15) is 8.60 Å². The molecule has 0 spiro atoms. The van der Waals surface area contributed by atoms with E-state index in [-0.39, 0.29) is 17.7 Å². The number of benzene rings is 1. The molecule has 1 aliphatic heterocycles. The maximum absolute atomic E-state index is 13.8. The maximum atomic E-state index is 13.8. The third-order valence-corrected chi connectivity index (χ3v) is 5.88. The van der Waals surface area contributed by atoms with Crippen LogP contribution in [0.2, 0.25) is 0 Å². The minimum atomic E-state index is -0.721. The minimum absolute atomic E-state index is 0.201. The molecule has 0 unspecified atom stereocenters. The lowest BCUT2D eigenvalue weighted by molar-refractivity contribution is 0.462. The normalized spacial score (nSPS) is 23.4. The second-order valence-corrected chi connectivity index (χ2v) is 7.68. The second-order valence-electron chi connectivity index (χ2n) is 4.87. The van der Waals surface area contributed by atoms with Gasteiger partial charge in [-0.05, 0) is 34.8 Å². The van der Waals surface area contributed by atoms with Crippen LogP contribution in [0.25, 0.3) is 11.0 Å². The molecule has 0 N–H and O–H groups in total. The van der Waals surface area contributed by atoms with Crippen LogP contribution in [0.4, 0.5) is 4.39 Å². The summed E-state index contributed by atoms with van der Waals surface area (Å²) in [6, 6.07) is 3.37. The zero-order valence-corrected chi connectivity index (χ0v) is 13.8. The molecule has 1 saturated heterocycles. The lowest BCUT2D eigenvalue weighted by Crippen LogP contribution is -2.22. The van der Waals surface area contributed by atoms with Crippen molar-refractivity contribution in [3.63, 3.8) is 0 Å². The van der Waals surface area contributed by atoms with Crippen LogP contribution in [0.1, 0.15) is 24.7 Å². The number of alkyl halides is 1. The van der Waals surface area contributed by atoms with Crippen LogP contribution in [0.5, 0.6) is 0 Å². The largest absolute Gasteiger partial charge is 0.324 e. The van der Waals surface area contributed by atoms with Crippen LogP contribution in [-0.2, 0) is 16.7 Å². The topological polar surface area (TPSA) is 34.9 Å². The predicted molar refractivity (Wildman–Crippen MR) is 83.1 cm³/mol. The van der Waals surface area contributed by atoms with Crippen molar-refractivity contribution in [2.24, 2.45) is 0 Å². The van der Waals surface area contributed by atoms with Crippen molar-refractivity contribution in [1.82, 2.24) is 9.55 Å². The van der Waals surface area contributed by atoms with Crippen molar-refractivity contribution < 1.29 is 8.60 Å². The summed E-state index contributed by atoms with van der Waals surface area (Å²) in [6.45, 7) is 0. The van der Waals surface area contributed by atoms with Gasteiger partial charge >= 0.3 is 0 Å². The maximum Gasteiger partial charge on any atom is 0.139 e. The van der Waals surface area contributed by atoms with Crippen molar-refractivity contribution in [2.75, 3.05) is 11.5 Å². The van der Waals surface area contributed by atoms with E-state index in [1.54, 1.807) is 6.07 Å². The monoisotopic (exact) mass is 378 g/mol. The van der Waals surface area contributed by atoms with Gasteiger partial charge in [-0.3, -0.25) is 4.21 Å². The smallest absolute Gasteiger partial charge is 0.139 e. The quantitative estimate of drug-likeness (QED) is 0.745. The molecule has 1 aromatic heterocycles. The fourth-order valence-electron chi connectivity index (χ4n) is 2.68. The standard InChI is InChI=1S/C13H13BrClFN2OS/c14-9-5-11-12(6-10(9)16)18(13(7-15)17-11)8-1-3-20(19)4-2-8/h5-6,8H,1-4,7H2. The fourth-order valence-corrected chi connectivity index (χ4v) is 4.48. The zero-order chi connectivity index (χ0) is 14.3. The summed E-state index contributed by atoms with van der Waals surface area (Å²) in [5, 5.41) is 0. The molecule has 0 bridgehead atoms. The van der Waals surface area contributed by atoms with Gasteiger partial charge < -0.3 is 4.57 Å². The summed E-state index contributed by atoms with van der Waals surface area (Å²) in [6.07, 6.45) is 1.64. The van der Waals surface area contributed by atoms with Crippen molar-refractivity contribution in [2.45, 2.75) is 24.8 Å². The number of aromatic nitrogens is 2. The number of nitrogens with zero attached hydrogens (tertiary/aromatic N) is 2. The summed E-state index contributed by atoms with van der Waals surface area (Å²) in [5.41, 5.74) is 1.50. The first kappa shape index (κ1) is 14.5. The number of hydrogen-bond acceptors (Lipinski definition) is 2. The van der Waals surface area contributed by atoms with Crippen LogP contribution >= 0.6 is 27.5 Å². The molecule has 108 valence electrons. The third-order valence-electron chi connectivity index (χ3n) is 3.65. The highest BCUT2D eigenvalue weighted by molar-refractivity contribution is 9.10. The number of imidazole rings is 1. The van der Waals surface area contributed by atoms with Crippen molar-refractivity contribution in [3.05, 3.63) is 28.2 Å². The molecule has 7 heteroatoms. The molecule has 0 aliphatic carbocycles. The van der Waals surface area contributed by atoms with Crippen molar-refractivity contribution in [1.29, 1.82) is 0 Å². The van der Waals surface area contributed by atoms with E-state index in [0.717, 1.165) is 29.7 Å². The van der Waals surface area contributed by atoms with Gasteiger partial charge in [-0.15, -0.1) is 11.6 Å². The lowest BCUT2D eigenvalue weighted by Gasteiger charge is -2.25. The summed E-state index contributed by atoms with van der Waals surface area (Å²) in [4.78, 5) is 4.49. The van der Waals surface area contributed by atoms with Gasteiger partial charge in [0.15, 0.2) is 0 Å². The molecule has 2 aromatic rings. The highest BCUT2D eigenvalue weighted by Crippen LogP contribution is 2.31. The summed E-state index contributed by atoms with van der Waals surface area (Å²) in [7, 11) is -0.721. The highest BCUT2D eigenvalue weighted by atomic mass is 79.9. The van der Waals surface area contributed by atoms with E-state index in [0.29, 0.717) is 16.0 Å². The summed E-state index contributed by atoms with van der Waals surface area (Å²) in [5.74, 6) is 2.10. The molecule has 20 heavy (non-hydrogen) atoms. The predicted octanol–water partition coefficient (Wildman–Crippen LogP) is 3.76. The average molecular weight is 380 g/mol. The van der Waals surface area contributed by atoms with Gasteiger partial charge in [0.05, 0.1) is 21.4 Å². The zero-order valence-electron chi connectivity index (χ0n) is 10.6. The van der Waals surface area contributed by atoms with Gasteiger partial charge in [0, 0.05) is 34.4 Å². The Morgan fingerprint density at radius 1 is 1.45 bits per heavy atom. The molecular weight excluding hydrogens is 367 g/mol. The summed E-state index contributed by atoms with van der Waals surface area (Å²) < 4.78 is 27.7. The fraction of sp³-hybridized carbons (Fsp3) is 0.462. The van der Waals surface area contributed by atoms with Crippen molar-refractivity contribution in [3.8, 4) is 0 Å². The number of fused-ring (bicyclic) bond motifs is 1. The average Bonchev–Trinajstić information content (AvgIpc) is 2.78. The van der Waals surface area contributed by atoms with Crippen LogP contribution < -0.4 is 0 Å². The first-order valence-corrected chi connectivity index (χ1v) is 9.18. The van der Waals surface area contributed by atoms with E-state index in [4.69, 9.17) is 11.6 Å². The number of halogens is 3. The molecule has 1 aromatic carbocycles. The van der Waals surface area contributed by atoms with E-state index in [1.807, 2.05) is 4.57 Å². The highest BCUT2D eigenvalue weighted by Gasteiger charge is 2.24. The van der Waals surface area contributed by atoms with Gasteiger partial charge in [-0.1, -0.05) is 0 Å². The number of rotatable bonds is 2. The Labute approximate surface area is 132 Å². The molecule has 1 fully saturated rings. The molecule has 3 nitrogen and oxygen atoms in total. The molecule has 0 saturated carbocycles. The van der Waals surface area contributed by atoms with Crippen LogP contribution in [-0.4, -0.2) is 25.3 Å². The first-order valence-electron chi connectivity index (χ1n) is 6.37. The Hall–Kier alpha value is -0.460. The molecule has 2 heterocycles. The van der Waals surface area contributed by atoms with Gasteiger partial charge in [0.1, 0.15) is 11.6 Å². The van der Waals surface area contributed by atoms with E-state index in [2.05, 4.69) is 20.9 Å². The second kappa shape index (κ2) is 5.73. The molecule has 0 atom stereocenters. The van der Waals surface area contributed by atoms with E-state index in [1.165, 1.54) is 6.07 Å². The Kier molecular flexibility index (Phi) is 4.15. The van der Waals surface area contributed by atoms with E-state index >= 15 is 0 Å².